The van der Waals surface area contributed by atoms with Crippen molar-refractivity contribution in [2.24, 2.45) is 0 Å². The Morgan fingerprint density at radius 2 is 0.667 bits per heavy atom. The van der Waals surface area contributed by atoms with Gasteiger partial charge in [-0.2, -0.15) is 0 Å². The topological polar surface area (TPSA) is 3.24 Å². The van der Waals surface area contributed by atoms with Crippen molar-refractivity contribution in [3.8, 4) is 55.6 Å². The Hall–Kier alpha value is -8.52. The predicted molar refractivity (Wildman–Crippen MR) is 278 cm³/mol. The van der Waals surface area contributed by atoms with Crippen LogP contribution in [0.15, 0.2) is 273 Å². The molecule has 1 aliphatic rings. The van der Waals surface area contributed by atoms with E-state index >= 15 is 0 Å². The molecule has 0 heterocycles. The summed E-state index contributed by atoms with van der Waals surface area (Å²) in [7, 11) is 0. The van der Waals surface area contributed by atoms with Gasteiger partial charge in [0.15, 0.2) is 0 Å². The summed E-state index contributed by atoms with van der Waals surface area (Å²) in [4.78, 5) is 2.35. The Kier molecular flexibility index (Phi) is 9.81. The van der Waals surface area contributed by atoms with Gasteiger partial charge in [0.25, 0.3) is 0 Å². The number of benzene rings is 11. The molecule has 0 aliphatic heterocycles. The summed E-state index contributed by atoms with van der Waals surface area (Å²) in [6.45, 7) is 0. The van der Waals surface area contributed by atoms with Crippen LogP contribution in [-0.2, 0) is 5.41 Å². The van der Waals surface area contributed by atoms with Crippen molar-refractivity contribution in [3.63, 3.8) is 0 Å². The number of anilines is 3. The van der Waals surface area contributed by atoms with E-state index in [9.17, 15) is 0 Å². The first-order chi connectivity index (χ1) is 32.7. The lowest BCUT2D eigenvalue weighted by molar-refractivity contribution is 0.768. The third-order valence-electron chi connectivity index (χ3n) is 13.5. The maximum absolute atomic E-state index is 2.35. The summed E-state index contributed by atoms with van der Waals surface area (Å²) in [6, 6.07) is 99.8. The molecule has 12 rings (SSSR count). The second-order valence-corrected chi connectivity index (χ2v) is 17.2. The average molecular weight is 840 g/mol. The van der Waals surface area contributed by atoms with Crippen molar-refractivity contribution in [2.75, 3.05) is 4.90 Å². The summed E-state index contributed by atoms with van der Waals surface area (Å²) >= 11 is 0. The van der Waals surface area contributed by atoms with Crippen molar-refractivity contribution < 1.29 is 0 Å². The summed E-state index contributed by atoms with van der Waals surface area (Å²) in [6.07, 6.45) is 0. The van der Waals surface area contributed by atoms with Gasteiger partial charge >= 0.3 is 0 Å². The van der Waals surface area contributed by atoms with Crippen LogP contribution in [-0.4, -0.2) is 0 Å². The Morgan fingerprint density at radius 1 is 0.242 bits per heavy atom. The normalized spacial score (nSPS) is 12.4. The summed E-state index contributed by atoms with van der Waals surface area (Å²) in [5.74, 6) is 0. The predicted octanol–water partition coefficient (Wildman–Crippen LogP) is 17.3. The molecule has 0 amide bonds. The van der Waals surface area contributed by atoms with E-state index in [1.54, 1.807) is 0 Å². The van der Waals surface area contributed by atoms with E-state index < -0.39 is 5.41 Å². The zero-order valence-electron chi connectivity index (χ0n) is 36.4. The molecular formula is C65H45N. The molecule has 1 aliphatic carbocycles. The van der Waals surface area contributed by atoms with E-state index in [0.717, 1.165) is 17.1 Å². The zero-order chi connectivity index (χ0) is 43.9. The smallest absolute Gasteiger partial charge is 0.0713 e. The average Bonchev–Trinajstić information content (AvgIpc) is 3.71. The molecule has 1 nitrogen and oxygen atoms in total. The second kappa shape index (κ2) is 16.6. The molecule has 0 saturated heterocycles. The van der Waals surface area contributed by atoms with Crippen molar-refractivity contribution in [1.82, 2.24) is 0 Å². The van der Waals surface area contributed by atoms with E-state index in [-0.39, 0.29) is 0 Å². The summed E-state index contributed by atoms with van der Waals surface area (Å²) in [5, 5.41) is 2.51. The lowest BCUT2D eigenvalue weighted by Gasteiger charge is -2.34. The fourth-order valence-electron chi connectivity index (χ4n) is 10.5. The highest BCUT2D eigenvalue weighted by Gasteiger charge is 2.46. The highest BCUT2D eigenvalue weighted by Crippen LogP contribution is 2.58. The van der Waals surface area contributed by atoms with Crippen LogP contribution in [0.2, 0.25) is 0 Å². The highest BCUT2D eigenvalue weighted by molar-refractivity contribution is 5.96. The highest BCUT2D eigenvalue weighted by atomic mass is 15.1. The van der Waals surface area contributed by atoms with Crippen molar-refractivity contribution in [1.29, 1.82) is 0 Å². The standard InChI is InChI=1S/C65H45N/c1-4-23-55(24-5-1)65(56-25-6-2-7-26-56)62-31-13-12-29-61(62)64-60(30-16-32-63(64)65)48-37-41-59(42-38-48)66(57-27-8-3-9-28-57)58-39-35-47(36-40-58)50-19-14-20-51(43-50)52-21-15-22-53(45-52)54-34-33-46-17-10-11-18-49(46)44-54/h1-45H. The van der Waals surface area contributed by atoms with Crippen LogP contribution < -0.4 is 4.90 Å². The van der Waals surface area contributed by atoms with Crippen molar-refractivity contribution in [3.05, 3.63) is 295 Å². The van der Waals surface area contributed by atoms with Crippen LogP contribution in [0, 0.1) is 0 Å². The molecule has 66 heavy (non-hydrogen) atoms. The SMILES string of the molecule is c1ccc(N(c2ccc(-c3cccc(-c4cccc(-c5ccc6ccccc6c5)c4)c3)cc2)c2ccc(-c3cccc4c3-c3ccccc3C4(c3ccccc3)c3ccccc3)cc2)cc1. The van der Waals surface area contributed by atoms with Crippen LogP contribution in [0.25, 0.3) is 66.4 Å². The van der Waals surface area contributed by atoms with Crippen LogP contribution in [0.1, 0.15) is 22.3 Å². The van der Waals surface area contributed by atoms with Crippen molar-refractivity contribution >= 4 is 27.8 Å². The van der Waals surface area contributed by atoms with Gasteiger partial charge in [-0.05, 0) is 143 Å². The largest absolute Gasteiger partial charge is 0.311 e. The molecule has 0 fully saturated rings. The molecule has 0 atom stereocenters. The van der Waals surface area contributed by atoms with Gasteiger partial charge in [-0.15, -0.1) is 0 Å². The lowest BCUT2D eigenvalue weighted by Crippen LogP contribution is -2.28. The molecule has 0 aromatic heterocycles. The monoisotopic (exact) mass is 839 g/mol. The molecule has 0 N–H and O–H groups in total. The molecular weight excluding hydrogens is 795 g/mol. The van der Waals surface area contributed by atoms with Gasteiger partial charge in [0.1, 0.15) is 0 Å². The minimum atomic E-state index is -0.439. The number of hydrogen-bond acceptors (Lipinski definition) is 1. The van der Waals surface area contributed by atoms with E-state index in [1.165, 1.54) is 88.7 Å². The Balaban J connectivity index is 0.883. The first-order valence-corrected chi connectivity index (χ1v) is 22.8. The molecule has 310 valence electrons. The molecule has 11 aromatic carbocycles. The third-order valence-corrected chi connectivity index (χ3v) is 13.5. The van der Waals surface area contributed by atoms with Crippen LogP contribution >= 0.6 is 0 Å². The maximum atomic E-state index is 2.35. The minimum Gasteiger partial charge on any atom is -0.311 e. The number of hydrogen-bond donors (Lipinski definition) is 0. The minimum absolute atomic E-state index is 0.439. The Morgan fingerprint density at radius 3 is 1.29 bits per heavy atom. The van der Waals surface area contributed by atoms with Gasteiger partial charge in [0.2, 0.25) is 0 Å². The number of rotatable bonds is 9. The maximum Gasteiger partial charge on any atom is 0.0713 e. The summed E-state index contributed by atoms with van der Waals surface area (Å²) < 4.78 is 0. The third kappa shape index (κ3) is 6.73. The molecule has 1 heteroatoms. The fourth-order valence-corrected chi connectivity index (χ4v) is 10.5. The fraction of sp³-hybridized carbons (Fsp3) is 0.0154. The molecule has 0 spiro atoms. The van der Waals surface area contributed by atoms with E-state index in [4.69, 9.17) is 0 Å². The number of fused-ring (bicyclic) bond motifs is 4. The van der Waals surface area contributed by atoms with Gasteiger partial charge < -0.3 is 4.90 Å². The van der Waals surface area contributed by atoms with Gasteiger partial charge in [-0.1, -0.05) is 218 Å². The first-order valence-electron chi connectivity index (χ1n) is 22.8. The molecule has 0 radical (unpaired) electrons. The van der Waals surface area contributed by atoms with Gasteiger partial charge in [-0.3, -0.25) is 0 Å². The van der Waals surface area contributed by atoms with Gasteiger partial charge in [0.05, 0.1) is 5.41 Å². The van der Waals surface area contributed by atoms with Gasteiger partial charge in [-0.25, -0.2) is 0 Å². The van der Waals surface area contributed by atoms with E-state index in [0.29, 0.717) is 0 Å². The number of para-hydroxylation sites is 1. The Bertz CT molecular complexity index is 3460. The second-order valence-electron chi connectivity index (χ2n) is 17.2. The molecule has 11 aromatic rings. The van der Waals surface area contributed by atoms with E-state index in [2.05, 4.69) is 278 Å². The molecule has 0 bridgehead atoms. The van der Waals surface area contributed by atoms with Crippen LogP contribution in [0.5, 0.6) is 0 Å². The quantitative estimate of drug-likeness (QED) is 0.140. The first kappa shape index (κ1) is 39.1. The Labute approximate surface area is 387 Å². The van der Waals surface area contributed by atoms with Gasteiger partial charge in [0, 0.05) is 17.1 Å². The van der Waals surface area contributed by atoms with Crippen molar-refractivity contribution in [2.45, 2.75) is 5.41 Å². The number of nitrogens with zero attached hydrogens (tertiary/aromatic N) is 1. The summed E-state index contributed by atoms with van der Waals surface area (Å²) in [5.41, 5.74) is 20.3. The lowest BCUT2D eigenvalue weighted by atomic mass is 9.67. The van der Waals surface area contributed by atoms with E-state index in [1.807, 2.05) is 0 Å². The molecule has 0 unspecified atom stereocenters. The zero-order valence-corrected chi connectivity index (χ0v) is 36.4. The molecule has 0 saturated carbocycles. The van der Waals surface area contributed by atoms with Crippen LogP contribution in [0.3, 0.4) is 0 Å². The van der Waals surface area contributed by atoms with Crippen LogP contribution in [0.4, 0.5) is 17.1 Å².